The maximum absolute atomic E-state index is 11.6. The number of carbonyl (C=O) groups is 1. The standard InChI is InChI=1S/C14H19N3O4/c1-3-14(13(18)19)5-4-6-16(9-14)12-11(17(20)21)7-10(2)8-15-12/h7-8H,3-6,9H2,1-2H3,(H,18,19). The van der Waals surface area contributed by atoms with Crippen molar-refractivity contribution in [3.8, 4) is 0 Å². The van der Waals surface area contributed by atoms with Crippen molar-refractivity contribution in [3.05, 3.63) is 27.9 Å². The van der Waals surface area contributed by atoms with Gasteiger partial charge < -0.3 is 10.0 Å². The average Bonchev–Trinajstić information content (AvgIpc) is 2.46. The maximum Gasteiger partial charge on any atom is 0.311 e. The smallest absolute Gasteiger partial charge is 0.311 e. The van der Waals surface area contributed by atoms with Crippen LogP contribution in [0.25, 0.3) is 0 Å². The van der Waals surface area contributed by atoms with Gasteiger partial charge in [0.2, 0.25) is 5.82 Å². The largest absolute Gasteiger partial charge is 0.481 e. The Balaban J connectivity index is 2.38. The van der Waals surface area contributed by atoms with Gasteiger partial charge >= 0.3 is 11.7 Å². The van der Waals surface area contributed by atoms with Gasteiger partial charge in [-0.05, 0) is 31.7 Å². The molecule has 0 aliphatic carbocycles. The van der Waals surface area contributed by atoms with Crippen molar-refractivity contribution in [1.82, 2.24) is 4.98 Å². The first-order valence-corrected chi connectivity index (χ1v) is 6.99. The summed E-state index contributed by atoms with van der Waals surface area (Å²) in [6, 6.07) is 1.48. The summed E-state index contributed by atoms with van der Waals surface area (Å²) in [5, 5.41) is 20.7. The van der Waals surface area contributed by atoms with Crippen molar-refractivity contribution in [2.24, 2.45) is 5.41 Å². The van der Waals surface area contributed by atoms with E-state index in [1.165, 1.54) is 6.07 Å². The Morgan fingerprint density at radius 3 is 2.90 bits per heavy atom. The minimum absolute atomic E-state index is 0.0627. The second-order valence-corrected chi connectivity index (χ2v) is 5.58. The van der Waals surface area contributed by atoms with Crippen molar-refractivity contribution >= 4 is 17.5 Å². The molecule has 0 saturated carbocycles. The highest BCUT2D eigenvalue weighted by atomic mass is 16.6. The van der Waals surface area contributed by atoms with Crippen LogP contribution in [0.2, 0.25) is 0 Å². The molecule has 1 unspecified atom stereocenters. The van der Waals surface area contributed by atoms with Crippen molar-refractivity contribution in [1.29, 1.82) is 0 Å². The molecule has 0 bridgehead atoms. The van der Waals surface area contributed by atoms with Gasteiger partial charge in [0, 0.05) is 25.4 Å². The van der Waals surface area contributed by atoms with Crippen LogP contribution in [0.3, 0.4) is 0 Å². The van der Waals surface area contributed by atoms with Crippen LogP contribution < -0.4 is 4.90 Å². The zero-order valence-electron chi connectivity index (χ0n) is 12.2. The number of carboxylic acid groups (broad SMARTS) is 1. The van der Waals surface area contributed by atoms with E-state index in [1.54, 1.807) is 18.0 Å². The van der Waals surface area contributed by atoms with Crippen LogP contribution in [-0.2, 0) is 4.79 Å². The molecule has 21 heavy (non-hydrogen) atoms. The molecule has 1 aromatic rings. The van der Waals surface area contributed by atoms with E-state index >= 15 is 0 Å². The molecule has 1 aliphatic heterocycles. The Morgan fingerprint density at radius 1 is 1.62 bits per heavy atom. The van der Waals surface area contributed by atoms with E-state index in [9.17, 15) is 20.0 Å². The molecule has 1 saturated heterocycles. The van der Waals surface area contributed by atoms with E-state index in [0.717, 1.165) is 0 Å². The second kappa shape index (κ2) is 5.67. The molecule has 0 aromatic carbocycles. The fourth-order valence-corrected chi connectivity index (χ4v) is 2.85. The highest BCUT2D eigenvalue weighted by Gasteiger charge is 2.42. The third-order valence-corrected chi connectivity index (χ3v) is 4.19. The van der Waals surface area contributed by atoms with Gasteiger partial charge in [-0.15, -0.1) is 0 Å². The molecule has 0 radical (unpaired) electrons. The van der Waals surface area contributed by atoms with E-state index in [2.05, 4.69) is 4.98 Å². The lowest BCUT2D eigenvalue weighted by atomic mass is 9.77. The summed E-state index contributed by atoms with van der Waals surface area (Å²) >= 11 is 0. The number of anilines is 1. The number of carboxylic acids is 1. The average molecular weight is 293 g/mol. The normalized spacial score (nSPS) is 22.1. The summed E-state index contributed by atoms with van der Waals surface area (Å²) in [6.07, 6.45) is 3.35. The van der Waals surface area contributed by atoms with Crippen molar-refractivity contribution in [2.45, 2.75) is 33.1 Å². The number of aliphatic carboxylic acids is 1. The molecule has 1 aliphatic rings. The quantitative estimate of drug-likeness (QED) is 0.676. The van der Waals surface area contributed by atoms with Gasteiger partial charge in [-0.25, -0.2) is 4.98 Å². The highest BCUT2D eigenvalue weighted by molar-refractivity contribution is 5.76. The molecule has 0 spiro atoms. The van der Waals surface area contributed by atoms with Gasteiger partial charge in [0.1, 0.15) is 0 Å². The summed E-state index contributed by atoms with van der Waals surface area (Å²) in [5.41, 5.74) is -0.201. The number of aryl methyl sites for hydroxylation is 1. The summed E-state index contributed by atoms with van der Waals surface area (Å²) in [7, 11) is 0. The lowest BCUT2D eigenvalue weighted by Crippen LogP contribution is -2.48. The zero-order valence-corrected chi connectivity index (χ0v) is 12.2. The van der Waals surface area contributed by atoms with Gasteiger partial charge in [-0.2, -0.15) is 0 Å². The highest BCUT2D eigenvalue weighted by Crippen LogP contribution is 2.37. The molecule has 1 aromatic heterocycles. The summed E-state index contributed by atoms with van der Waals surface area (Å²) < 4.78 is 0. The molecule has 7 nitrogen and oxygen atoms in total. The molecule has 7 heteroatoms. The Hall–Kier alpha value is -2.18. The molecule has 1 N–H and O–H groups in total. The predicted octanol–water partition coefficient (Wildman–Crippen LogP) is 2.38. The van der Waals surface area contributed by atoms with Crippen LogP contribution in [0.4, 0.5) is 11.5 Å². The van der Waals surface area contributed by atoms with Crippen molar-refractivity contribution in [2.75, 3.05) is 18.0 Å². The summed E-state index contributed by atoms with van der Waals surface area (Å²) in [4.78, 5) is 28.2. The van der Waals surface area contributed by atoms with Gasteiger partial charge in [0.15, 0.2) is 0 Å². The first-order valence-electron chi connectivity index (χ1n) is 6.99. The number of hydrogen-bond donors (Lipinski definition) is 1. The number of hydrogen-bond acceptors (Lipinski definition) is 5. The minimum Gasteiger partial charge on any atom is -0.481 e. The van der Waals surface area contributed by atoms with Crippen LogP contribution in [0, 0.1) is 22.5 Å². The predicted molar refractivity (Wildman–Crippen MR) is 77.4 cm³/mol. The van der Waals surface area contributed by atoms with E-state index in [-0.39, 0.29) is 18.1 Å². The van der Waals surface area contributed by atoms with Gasteiger partial charge in [0.05, 0.1) is 10.3 Å². The number of pyridine rings is 1. The van der Waals surface area contributed by atoms with Crippen LogP contribution in [0.5, 0.6) is 0 Å². The molecular formula is C14H19N3O4. The molecule has 2 heterocycles. The molecule has 2 rings (SSSR count). The fourth-order valence-electron chi connectivity index (χ4n) is 2.85. The van der Waals surface area contributed by atoms with Crippen LogP contribution in [0.15, 0.2) is 12.3 Å². The first-order chi connectivity index (χ1) is 9.89. The number of aromatic nitrogens is 1. The van der Waals surface area contributed by atoms with Gasteiger partial charge in [-0.3, -0.25) is 14.9 Å². The van der Waals surface area contributed by atoms with Crippen molar-refractivity contribution < 1.29 is 14.8 Å². The van der Waals surface area contributed by atoms with E-state index < -0.39 is 16.3 Å². The molecule has 1 fully saturated rings. The Morgan fingerprint density at radius 2 is 2.33 bits per heavy atom. The lowest BCUT2D eigenvalue weighted by molar-refractivity contribution is -0.384. The maximum atomic E-state index is 11.6. The summed E-state index contributed by atoms with van der Waals surface area (Å²) in [6.45, 7) is 4.43. The third-order valence-electron chi connectivity index (χ3n) is 4.19. The zero-order chi connectivity index (χ0) is 15.6. The number of nitro groups is 1. The number of piperidine rings is 1. The van der Waals surface area contributed by atoms with E-state index in [0.29, 0.717) is 31.4 Å². The topological polar surface area (TPSA) is 96.6 Å². The van der Waals surface area contributed by atoms with Crippen LogP contribution >= 0.6 is 0 Å². The first kappa shape index (κ1) is 15.2. The molecule has 1 atom stereocenters. The third kappa shape index (κ3) is 2.81. The Kier molecular flexibility index (Phi) is 4.11. The molecular weight excluding hydrogens is 274 g/mol. The van der Waals surface area contributed by atoms with Crippen LogP contribution in [-0.4, -0.2) is 34.1 Å². The monoisotopic (exact) mass is 293 g/mol. The molecule has 0 amide bonds. The number of rotatable bonds is 4. The Labute approximate surface area is 122 Å². The number of nitrogens with zero attached hydrogens (tertiary/aromatic N) is 3. The van der Waals surface area contributed by atoms with E-state index in [1.807, 2.05) is 6.92 Å². The minimum atomic E-state index is -0.849. The van der Waals surface area contributed by atoms with Gasteiger partial charge in [0.25, 0.3) is 0 Å². The van der Waals surface area contributed by atoms with Crippen LogP contribution in [0.1, 0.15) is 31.7 Å². The van der Waals surface area contributed by atoms with Crippen molar-refractivity contribution in [3.63, 3.8) is 0 Å². The second-order valence-electron chi connectivity index (χ2n) is 5.58. The Bertz CT molecular complexity index is 575. The molecule has 114 valence electrons. The fraction of sp³-hybridized carbons (Fsp3) is 0.571. The summed E-state index contributed by atoms with van der Waals surface area (Å²) in [5.74, 6) is -0.575. The SMILES string of the molecule is CCC1(C(=O)O)CCCN(c2ncc(C)cc2[N+](=O)[O-])C1. The van der Waals surface area contributed by atoms with E-state index in [4.69, 9.17) is 0 Å². The lowest BCUT2D eigenvalue weighted by Gasteiger charge is -2.39. The van der Waals surface area contributed by atoms with Gasteiger partial charge in [-0.1, -0.05) is 6.92 Å².